The SMILES string of the molecule is Cc1cccc(SCC(N)Cc2nccs2)c1. The van der Waals surface area contributed by atoms with E-state index in [1.807, 2.05) is 23.3 Å². The summed E-state index contributed by atoms with van der Waals surface area (Å²) in [6, 6.07) is 8.70. The number of hydrogen-bond acceptors (Lipinski definition) is 4. The van der Waals surface area contributed by atoms with E-state index in [2.05, 4.69) is 36.2 Å². The molecule has 0 fully saturated rings. The Hall–Kier alpha value is -0.840. The predicted octanol–water partition coefficient (Wildman–Crippen LogP) is 3.11. The van der Waals surface area contributed by atoms with Gasteiger partial charge in [-0.25, -0.2) is 4.98 Å². The Balaban J connectivity index is 1.82. The van der Waals surface area contributed by atoms with E-state index in [1.165, 1.54) is 10.5 Å². The average Bonchev–Trinajstić information content (AvgIpc) is 2.79. The standard InChI is InChI=1S/C13H16N2S2/c1-10-3-2-4-12(7-10)17-9-11(14)8-13-15-5-6-16-13/h2-7,11H,8-9,14H2,1H3. The lowest BCUT2D eigenvalue weighted by Gasteiger charge is -2.09. The van der Waals surface area contributed by atoms with Gasteiger partial charge in [0.05, 0.1) is 5.01 Å². The van der Waals surface area contributed by atoms with Gasteiger partial charge >= 0.3 is 0 Å². The first-order chi connectivity index (χ1) is 8.24. The number of benzene rings is 1. The largest absolute Gasteiger partial charge is 0.327 e. The van der Waals surface area contributed by atoms with Gasteiger partial charge in [0.25, 0.3) is 0 Å². The molecular formula is C13H16N2S2. The first-order valence-corrected chi connectivity index (χ1v) is 7.44. The summed E-state index contributed by atoms with van der Waals surface area (Å²) in [5, 5.41) is 3.12. The van der Waals surface area contributed by atoms with Crippen LogP contribution < -0.4 is 5.73 Å². The lowest BCUT2D eigenvalue weighted by molar-refractivity contribution is 0.744. The predicted molar refractivity (Wildman–Crippen MR) is 75.7 cm³/mol. The van der Waals surface area contributed by atoms with Crippen LogP contribution in [0.25, 0.3) is 0 Å². The van der Waals surface area contributed by atoms with Crippen LogP contribution in [0.3, 0.4) is 0 Å². The van der Waals surface area contributed by atoms with Crippen molar-refractivity contribution in [3.63, 3.8) is 0 Å². The van der Waals surface area contributed by atoms with Crippen molar-refractivity contribution in [3.8, 4) is 0 Å². The Morgan fingerprint density at radius 2 is 2.35 bits per heavy atom. The molecule has 17 heavy (non-hydrogen) atoms. The van der Waals surface area contributed by atoms with Gasteiger partial charge < -0.3 is 5.73 Å². The molecule has 2 N–H and O–H groups in total. The molecule has 0 spiro atoms. The third kappa shape index (κ3) is 4.15. The molecule has 4 heteroatoms. The fourth-order valence-electron chi connectivity index (χ4n) is 1.55. The maximum Gasteiger partial charge on any atom is 0.0940 e. The van der Waals surface area contributed by atoms with Crippen molar-refractivity contribution in [1.29, 1.82) is 0 Å². The zero-order valence-electron chi connectivity index (χ0n) is 9.80. The second-order valence-corrected chi connectivity index (χ2v) is 6.09. The summed E-state index contributed by atoms with van der Waals surface area (Å²) in [5.41, 5.74) is 7.39. The lowest BCUT2D eigenvalue weighted by atomic mass is 10.2. The maximum atomic E-state index is 6.10. The van der Waals surface area contributed by atoms with Crippen LogP contribution in [-0.4, -0.2) is 16.8 Å². The average molecular weight is 264 g/mol. The van der Waals surface area contributed by atoms with E-state index < -0.39 is 0 Å². The molecule has 0 saturated heterocycles. The van der Waals surface area contributed by atoms with E-state index in [0.29, 0.717) is 0 Å². The van der Waals surface area contributed by atoms with Gasteiger partial charge in [-0.15, -0.1) is 23.1 Å². The van der Waals surface area contributed by atoms with Gasteiger partial charge in [0.15, 0.2) is 0 Å². The van der Waals surface area contributed by atoms with Crippen molar-refractivity contribution < 1.29 is 0 Å². The Morgan fingerprint density at radius 3 is 3.06 bits per heavy atom. The molecule has 90 valence electrons. The van der Waals surface area contributed by atoms with E-state index in [1.54, 1.807) is 11.3 Å². The summed E-state index contributed by atoms with van der Waals surface area (Å²) in [7, 11) is 0. The summed E-state index contributed by atoms with van der Waals surface area (Å²) >= 11 is 3.49. The molecular weight excluding hydrogens is 248 g/mol. The van der Waals surface area contributed by atoms with Crippen molar-refractivity contribution in [3.05, 3.63) is 46.4 Å². The molecule has 0 amide bonds. The number of thioether (sulfide) groups is 1. The van der Waals surface area contributed by atoms with Crippen molar-refractivity contribution in [2.45, 2.75) is 24.3 Å². The molecule has 1 aromatic heterocycles. The summed E-state index contributed by atoms with van der Waals surface area (Å²) in [5.74, 6) is 0.934. The molecule has 2 nitrogen and oxygen atoms in total. The first kappa shape index (κ1) is 12.6. The molecule has 0 saturated carbocycles. The van der Waals surface area contributed by atoms with Gasteiger partial charge in [-0.2, -0.15) is 0 Å². The molecule has 1 heterocycles. The molecule has 0 aliphatic rings. The van der Waals surface area contributed by atoms with E-state index in [9.17, 15) is 0 Å². The number of aryl methyl sites for hydroxylation is 1. The zero-order valence-corrected chi connectivity index (χ0v) is 11.4. The number of aromatic nitrogens is 1. The highest BCUT2D eigenvalue weighted by molar-refractivity contribution is 7.99. The lowest BCUT2D eigenvalue weighted by Crippen LogP contribution is -2.25. The quantitative estimate of drug-likeness (QED) is 0.843. The van der Waals surface area contributed by atoms with Crippen molar-refractivity contribution in [1.82, 2.24) is 4.98 Å². The number of hydrogen-bond donors (Lipinski definition) is 1. The molecule has 0 bridgehead atoms. The molecule has 0 aliphatic carbocycles. The van der Waals surface area contributed by atoms with Gasteiger partial charge in [0, 0.05) is 34.7 Å². The van der Waals surface area contributed by atoms with Gasteiger partial charge in [-0.3, -0.25) is 0 Å². The van der Waals surface area contributed by atoms with Crippen molar-refractivity contribution in [2.75, 3.05) is 5.75 Å². The van der Waals surface area contributed by atoms with Crippen LogP contribution >= 0.6 is 23.1 Å². The van der Waals surface area contributed by atoms with E-state index in [4.69, 9.17) is 5.73 Å². The van der Waals surface area contributed by atoms with E-state index in [0.717, 1.165) is 17.2 Å². The number of thiazole rings is 1. The smallest absolute Gasteiger partial charge is 0.0940 e. The highest BCUT2D eigenvalue weighted by atomic mass is 32.2. The van der Waals surface area contributed by atoms with Gasteiger partial charge in [0.1, 0.15) is 0 Å². The van der Waals surface area contributed by atoms with Gasteiger partial charge in [-0.05, 0) is 19.1 Å². The second kappa shape index (κ2) is 6.19. The Labute approximate surface area is 110 Å². The summed E-state index contributed by atoms with van der Waals surface area (Å²) < 4.78 is 0. The zero-order chi connectivity index (χ0) is 12.1. The fraction of sp³-hybridized carbons (Fsp3) is 0.308. The summed E-state index contributed by atoms with van der Waals surface area (Å²) in [6.45, 7) is 2.11. The third-order valence-corrected chi connectivity index (χ3v) is 4.36. The monoisotopic (exact) mass is 264 g/mol. The van der Waals surface area contributed by atoms with Crippen LogP contribution in [0.15, 0.2) is 40.7 Å². The van der Waals surface area contributed by atoms with Crippen molar-refractivity contribution >= 4 is 23.1 Å². The Kier molecular flexibility index (Phi) is 4.59. The molecule has 1 unspecified atom stereocenters. The van der Waals surface area contributed by atoms with Crippen molar-refractivity contribution in [2.24, 2.45) is 5.73 Å². The van der Waals surface area contributed by atoms with Crippen LogP contribution in [0.4, 0.5) is 0 Å². The van der Waals surface area contributed by atoms with E-state index >= 15 is 0 Å². The topological polar surface area (TPSA) is 38.9 Å². The highest BCUT2D eigenvalue weighted by Gasteiger charge is 2.06. The minimum absolute atomic E-state index is 0.173. The molecule has 0 aliphatic heterocycles. The first-order valence-electron chi connectivity index (χ1n) is 5.57. The number of rotatable bonds is 5. The molecule has 1 aromatic carbocycles. The minimum Gasteiger partial charge on any atom is -0.327 e. The van der Waals surface area contributed by atoms with Gasteiger partial charge in [0.2, 0.25) is 0 Å². The number of nitrogens with two attached hydrogens (primary N) is 1. The summed E-state index contributed by atoms with van der Waals surface area (Å²) in [6.07, 6.45) is 2.71. The van der Waals surface area contributed by atoms with Crippen LogP contribution in [0.2, 0.25) is 0 Å². The third-order valence-electron chi connectivity index (χ3n) is 2.37. The highest BCUT2D eigenvalue weighted by Crippen LogP contribution is 2.20. The normalized spacial score (nSPS) is 12.6. The maximum absolute atomic E-state index is 6.10. The fourth-order valence-corrected chi connectivity index (χ4v) is 3.22. The van der Waals surface area contributed by atoms with Crippen LogP contribution in [0.1, 0.15) is 10.6 Å². The summed E-state index contributed by atoms with van der Waals surface area (Å²) in [4.78, 5) is 5.55. The second-order valence-electron chi connectivity index (χ2n) is 4.02. The minimum atomic E-state index is 0.173. The van der Waals surface area contributed by atoms with Crippen LogP contribution in [-0.2, 0) is 6.42 Å². The van der Waals surface area contributed by atoms with Crippen LogP contribution in [0.5, 0.6) is 0 Å². The van der Waals surface area contributed by atoms with E-state index in [-0.39, 0.29) is 6.04 Å². The molecule has 2 rings (SSSR count). The molecule has 2 aromatic rings. The van der Waals surface area contributed by atoms with Crippen LogP contribution in [0, 0.1) is 6.92 Å². The number of nitrogens with zero attached hydrogens (tertiary/aromatic N) is 1. The Bertz CT molecular complexity index is 454. The molecule has 1 atom stereocenters. The Morgan fingerprint density at radius 1 is 1.47 bits per heavy atom. The van der Waals surface area contributed by atoms with Gasteiger partial charge in [-0.1, -0.05) is 17.7 Å². The molecule has 0 radical (unpaired) electrons.